The number of methoxy groups -OCH3 is 1. The summed E-state index contributed by atoms with van der Waals surface area (Å²) in [5, 5.41) is 4.88. The highest BCUT2D eigenvalue weighted by molar-refractivity contribution is 4.76. The van der Waals surface area contributed by atoms with Crippen LogP contribution in [0.25, 0.3) is 0 Å². The van der Waals surface area contributed by atoms with Gasteiger partial charge in [-0.15, -0.1) is 0 Å². The second-order valence-corrected chi connectivity index (χ2v) is 5.08. The molecule has 1 fully saturated rings. The van der Waals surface area contributed by atoms with Crippen LogP contribution in [0.4, 0.5) is 0 Å². The normalized spacial score (nSPS) is 23.6. The molecule has 0 spiro atoms. The Bertz CT molecular complexity index is 196. The highest BCUT2D eigenvalue weighted by atomic mass is 16.5. The number of hydrazine groups is 1. The number of piperidine rings is 1. The van der Waals surface area contributed by atoms with Crippen molar-refractivity contribution in [3.05, 3.63) is 0 Å². The molecule has 0 N–H and O–H groups in total. The third kappa shape index (κ3) is 2.96. The van der Waals surface area contributed by atoms with Crippen LogP contribution >= 0.6 is 0 Å². The van der Waals surface area contributed by atoms with E-state index in [1.807, 2.05) is 7.11 Å². The number of rotatable bonds is 5. The lowest BCUT2D eigenvalue weighted by Gasteiger charge is -2.47. The smallest absolute Gasteiger partial charge is 0.130 e. The van der Waals surface area contributed by atoms with Gasteiger partial charge in [0.1, 0.15) is 5.72 Å². The molecule has 0 aliphatic carbocycles. The lowest BCUT2D eigenvalue weighted by molar-refractivity contribution is -0.224. The molecule has 1 aliphatic heterocycles. The molecule has 1 rings (SSSR count). The van der Waals surface area contributed by atoms with E-state index in [-0.39, 0.29) is 5.72 Å². The van der Waals surface area contributed by atoms with E-state index < -0.39 is 0 Å². The number of nitrogens with zero attached hydrogens (tertiary/aromatic N) is 2. The quantitative estimate of drug-likeness (QED) is 0.673. The van der Waals surface area contributed by atoms with Crippen LogP contribution < -0.4 is 0 Å². The molecule has 0 aromatic heterocycles. The van der Waals surface area contributed by atoms with Gasteiger partial charge in [-0.2, -0.15) is 0 Å². The molecule has 16 heavy (non-hydrogen) atoms. The average molecular weight is 228 g/mol. The molecular formula is C13H28N2O. The summed E-state index contributed by atoms with van der Waals surface area (Å²) in [6.45, 7) is 12.3. The molecule has 0 bridgehead atoms. The van der Waals surface area contributed by atoms with E-state index in [0.717, 1.165) is 18.9 Å². The summed E-state index contributed by atoms with van der Waals surface area (Å²) < 4.78 is 5.70. The highest BCUT2D eigenvalue weighted by Gasteiger charge is 2.34. The van der Waals surface area contributed by atoms with E-state index in [1.165, 1.54) is 25.9 Å². The van der Waals surface area contributed by atoms with E-state index in [2.05, 4.69) is 37.7 Å². The summed E-state index contributed by atoms with van der Waals surface area (Å²) in [5.41, 5.74) is -0.144. The fourth-order valence-corrected chi connectivity index (χ4v) is 2.50. The summed E-state index contributed by atoms with van der Waals surface area (Å²) in [4.78, 5) is 0. The van der Waals surface area contributed by atoms with Crippen molar-refractivity contribution in [2.24, 2.45) is 5.92 Å². The maximum Gasteiger partial charge on any atom is 0.130 e. The first-order valence-electron chi connectivity index (χ1n) is 6.65. The molecule has 3 heteroatoms. The molecule has 1 atom stereocenters. The zero-order chi connectivity index (χ0) is 12.2. The Balaban J connectivity index is 2.66. The minimum absolute atomic E-state index is 0.144. The molecule has 1 saturated heterocycles. The van der Waals surface area contributed by atoms with Gasteiger partial charge in [0, 0.05) is 26.7 Å². The van der Waals surface area contributed by atoms with Gasteiger partial charge in [0.15, 0.2) is 0 Å². The molecule has 0 aromatic carbocycles. The van der Waals surface area contributed by atoms with Gasteiger partial charge in [-0.3, -0.25) is 0 Å². The first-order valence-corrected chi connectivity index (χ1v) is 6.65. The maximum atomic E-state index is 5.70. The zero-order valence-electron chi connectivity index (χ0n) is 11.6. The fourth-order valence-electron chi connectivity index (χ4n) is 2.50. The van der Waals surface area contributed by atoms with Crippen molar-refractivity contribution in [3.8, 4) is 0 Å². The van der Waals surface area contributed by atoms with Crippen molar-refractivity contribution in [2.75, 3.05) is 26.7 Å². The fraction of sp³-hybridized carbons (Fsp3) is 1.00. The third-order valence-electron chi connectivity index (χ3n) is 4.04. The SMILES string of the molecule is CCN(N1CCC(C)CC1)C(C)(CC)OC. The molecule has 1 aliphatic rings. The number of hydrogen-bond donors (Lipinski definition) is 0. The van der Waals surface area contributed by atoms with Gasteiger partial charge in [-0.1, -0.05) is 20.8 Å². The zero-order valence-corrected chi connectivity index (χ0v) is 11.6. The first-order chi connectivity index (χ1) is 7.57. The molecule has 0 radical (unpaired) electrons. The molecule has 3 nitrogen and oxygen atoms in total. The molecule has 1 unspecified atom stereocenters. The van der Waals surface area contributed by atoms with Crippen molar-refractivity contribution in [2.45, 2.75) is 52.7 Å². The first kappa shape index (κ1) is 13.9. The average Bonchev–Trinajstić information content (AvgIpc) is 2.32. The third-order valence-corrected chi connectivity index (χ3v) is 4.04. The Kier molecular flexibility index (Phi) is 5.22. The Morgan fingerprint density at radius 3 is 2.25 bits per heavy atom. The van der Waals surface area contributed by atoms with Crippen molar-refractivity contribution in [1.82, 2.24) is 10.0 Å². The lowest BCUT2D eigenvalue weighted by atomic mass is 10.00. The Morgan fingerprint density at radius 2 is 1.88 bits per heavy atom. The van der Waals surface area contributed by atoms with E-state index in [0.29, 0.717) is 0 Å². The van der Waals surface area contributed by atoms with Crippen LogP contribution in [0.2, 0.25) is 0 Å². The van der Waals surface area contributed by atoms with Crippen LogP contribution in [-0.4, -0.2) is 42.5 Å². The molecule has 0 saturated carbocycles. The van der Waals surface area contributed by atoms with Gasteiger partial charge in [0.25, 0.3) is 0 Å². The van der Waals surface area contributed by atoms with E-state index in [4.69, 9.17) is 4.74 Å². The van der Waals surface area contributed by atoms with Crippen molar-refractivity contribution in [1.29, 1.82) is 0 Å². The largest absolute Gasteiger partial charge is 0.363 e. The minimum atomic E-state index is -0.144. The summed E-state index contributed by atoms with van der Waals surface area (Å²) in [7, 11) is 1.82. The van der Waals surface area contributed by atoms with Crippen LogP contribution in [0.15, 0.2) is 0 Å². The predicted molar refractivity (Wildman–Crippen MR) is 68.1 cm³/mol. The number of ether oxygens (including phenoxy) is 1. The van der Waals surface area contributed by atoms with Gasteiger partial charge in [-0.05, 0) is 32.1 Å². The van der Waals surface area contributed by atoms with Crippen molar-refractivity contribution < 1.29 is 4.74 Å². The van der Waals surface area contributed by atoms with Gasteiger partial charge < -0.3 is 4.74 Å². The lowest BCUT2D eigenvalue weighted by Crippen LogP contribution is -2.58. The van der Waals surface area contributed by atoms with Crippen molar-refractivity contribution in [3.63, 3.8) is 0 Å². The minimum Gasteiger partial charge on any atom is -0.363 e. The van der Waals surface area contributed by atoms with Gasteiger partial charge >= 0.3 is 0 Å². The molecule has 1 heterocycles. The van der Waals surface area contributed by atoms with E-state index in [1.54, 1.807) is 0 Å². The standard InChI is InChI=1S/C13H28N2O/c1-6-13(4,16-5)15(7-2)14-10-8-12(3)9-11-14/h12H,6-11H2,1-5H3. The summed E-state index contributed by atoms with van der Waals surface area (Å²) in [6, 6.07) is 0. The van der Waals surface area contributed by atoms with Crippen LogP contribution in [0.3, 0.4) is 0 Å². The maximum absolute atomic E-state index is 5.70. The Morgan fingerprint density at radius 1 is 1.31 bits per heavy atom. The second-order valence-electron chi connectivity index (χ2n) is 5.08. The second kappa shape index (κ2) is 5.99. The Hall–Kier alpha value is -0.120. The van der Waals surface area contributed by atoms with E-state index >= 15 is 0 Å². The van der Waals surface area contributed by atoms with Crippen molar-refractivity contribution >= 4 is 0 Å². The summed E-state index contributed by atoms with van der Waals surface area (Å²) in [6.07, 6.45) is 3.63. The summed E-state index contributed by atoms with van der Waals surface area (Å²) in [5.74, 6) is 0.880. The molecule has 0 amide bonds. The van der Waals surface area contributed by atoms with Gasteiger partial charge in [0.2, 0.25) is 0 Å². The topological polar surface area (TPSA) is 15.7 Å². The molecular weight excluding hydrogens is 200 g/mol. The van der Waals surface area contributed by atoms with Crippen LogP contribution in [0.5, 0.6) is 0 Å². The molecule has 0 aromatic rings. The predicted octanol–water partition coefficient (Wildman–Crippen LogP) is 2.73. The van der Waals surface area contributed by atoms with Gasteiger partial charge in [0.05, 0.1) is 0 Å². The van der Waals surface area contributed by atoms with Crippen LogP contribution in [0, 0.1) is 5.92 Å². The van der Waals surface area contributed by atoms with Crippen LogP contribution in [-0.2, 0) is 4.74 Å². The Labute approximate surface area is 101 Å². The number of hydrogen-bond acceptors (Lipinski definition) is 3. The monoisotopic (exact) mass is 228 g/mol. The summed E-state index contributed by atoms with van der Waals surface area (Å²) >= 11 is 0. The van der Waals surface area contributed by atoms with Gasteiger partial charge in [-0.25, -0.2) is 10.0 Å². The molecule has 96 valence electrons. The van der Waals surface area contributed by atoms with Crippen LogP contribution in [0.1, 0.15) is 47.0 Å². The highest BCUT2D eigenvalue weighted by Crippen LogP contribution is 2.26. The van der Waals surface area contributed by atoms with E-state index in [9.17, 15) is 0 Å².